The number of allylic oxidation sites excluding steroid dienone is 10. The molecule has 0 aliphatic carbocycles. The molecule has 0 heterocycles. The highest BCUT2D eigenvalue weighted by molar-refractivity contribution is 7.47. The molecule has 6 N–H and O–H groups in total. The summed E-state index contributed by atoms with van der Waals surface area (Å²) in [5, 5.41) is 28.9. The lowest BCUT2D eigenvalue weighted by molar-refractivity contribution is -0.161. The first-order valence-corrected chi connectivity index (χ1v) is 23.3. The summed E-state index contributed by atoms with van der Waals surface area (Å²) < 4.78 is 32.5. The average Bonchev–Trinajstić information content (AvgIpc) is 3.21. The molecule has 14 heteroatoms. The molecule has 0 saturated carbocycles. The Morgan fingerprint density at radius 3 is 1.87 bits per heavy atom. The molecule has 0 bridgehead atoms. The molecule has 13 nitrogen and oxygen atoms in total. The summed E-state index contributed by atoms with van der Waals surface area (Å²) in [6.45, 7) is 2.38. The number of esters is 2. The predicted molar refractivity (Wildman–Crippen MR) is 238 cm³/mol. The first-order valence-electron chi connectivity index (χ1n) is 21.8. The summed E-state index contributed by atoms with van der Waals surface area (Å²) >= 11 is 0. The van der Waals surface area contributed by atoms with E-state index in [0.717, 1.165) is 44.9 Å². The quantitative estimate of drug-likeness (QED) is 0.0128. The molecule has 0 spiro atoms. The van der Waals surface area contributed by atoms with Crippen molar-refractivity contribution < 1.29 is 57.7 Å². The third kappa shape index (κ3) is 38.8. The molecule has 0 aromatic heterocycles. The number of aliphatic hydroxyl groups is 2. The summed E-state index contributed by atoms with van der Waals surface area (Å²) in [4.78, 5) is 46.0. The van der Waals surface area contributed by atoms with Gasteiger partial charge in [-0.3, -0.25) is 23.4 Å². The fourth-order valence-corrected chi connectivity index (χ4v) is 6.11. The van der Waals surface area contributed by atoms with Crippen LogP contribution in [0.25, 0.3) is 0 Å². The van der Waals surface area contributed by atoms with Crippen LogP contribution in [-0.4, -0.2) is 82.3 Å². The van der Waals surface area contributed by atoms with Crippen LogP contribution in [0.4, 0.5) is 0 Å². The minimum Gasteiger partial charge on any atom is -0.480 e. The van der Waals surface area contributed by atoms with Gasteiger partial charge in [0.25, 0.3) is 0 Å². The molecule has 0 fully saturated rings. The number of aliphatic carboxylic acids is 1. The number of rotatable bonds is 39. The van der Waals surface area contributed by atoms with Crippen molar-refractivity contribution in [2.45, 2.75) is 167 Å². The number of unbranched alkanes of at least 4 members (excludes halogenated alkanes) is 12. The number of hydrogen-bond acceptors (Lipinski definition) is 11. The number of aliphatic hydroxyl groups excluding tert-OH is 2. The van der Waals surface area contributed by atoms with Gasteiger partial charge in [-0.15, -0.1) is 0 Å². The fourth-order valence-electron chi connectivity index (χ4n) is 5.33. The van der Waals surface area contributed by atoms with Crippen LogP contribution >= 0.6 is 7.82 Å². The van der Waals surface area contributed by atoms with Crippen molar-refractivity contribution >= 4 is 25.7 Å². The maximum Gasteiger partial charge on any atom is 0.472 e. The Kier molecular flexibility index (Phi) is 37.4. The molecule has 0 radical (unpaired) electrons. The number of ether oxygens (including phenoxy) is 2. The molecule has 0 aliphatic rings. The first kappa shape index (κ1) is 56.6. The van der Waals surface area contributed by atoms with Gasteiger partial charge in [-0.2, -0.15) is 0 Å². The second kappa shape index (κ2) is 39.7. The number of carboxylic acids is 1. The van der Waals surface area contributed by atoms with Crippen molar-refractivity contribution in [3.63, 3.8) is 0 Å². The highest BCUT2D eigenvalue weighted by atomic mass is 31.2. The Morgan fingerprint density at radius 2 is 1.22 bits per heavy atom. The summed E-state index contributed by atoms with van der Waals surface area (Å²) in [6.07, 6.45) is 41.5. The van der Waals surface area contributed by atoms with E-state index in [1.165, 1.54) is 38.5 Å². The molecule has 5 atom stereocenters. The van der Waals surface area contributed by atoms with E-state index in [1.807, 2.05) is 49.5 Å². The molecule has 342 valence electrons. The monoisotopic (exact) mass is 866 g/mol. The van der Waals surface area contributed by atoms with Crippen LogP contribution in [0.1, 0.15) is 142 Å². The van der Waals surface area contributed by atoms with Crippen molar-refractivity contribution in [3.05, 3.63) is 85.1 Å². The zero-order valence-electron chi connectivity index (χ0n) is 36.2. The maximum absolute atomic E-state index is 12.6. The number of phosphoric acid groups is 1. The molecular weight excluding hydrogens is 789 g/mol. The molecule has 60 heavy (non-hydrogen) atoms. The van der Waals surface area contributed by atoms with Crippen LogP contribution in [0.3, 0.4) is 0 Å². The Labute approximate surface area is 359 Å². The van der Waals surface area contributed by atoms with E-state index in [-0.39, 0.29) is 12.8 Å². The normalized spacial score (nSPS) is 15.6. The predicted octanol–water partition coefficient (Wildman–Crippen LogP) is 9.44. The second-order valence-corrected chi connectivity index (χ2v) is 15.9. The van der Waals surface area contributed by atoms with Crippen LogP contribution in [0.5, 0.6) is 0 Å². The van der Waals surface area contributed by atoms with Crippen LogP contribution in [0, 0.1) is 0 Å². The third-order valence-corrected chi connectivity index (χ3v) is 9.75. The van der Waals surface area contributed by atoms with Gasteiger partial charge in [0.05, 0.1) is 25.4 Å². The summed E-state index contributed by atoms with van der Waals surface area (Å²) in [5.41, 5.74) is 5.32. The smallest absolute Gasteiger partial charge is 0.472 e. The van der Waals surface area contributed by atoms with E-state index in [1.54, 1.807) is 30.4 Å². The molecular formula is C46H76NO12P. The zero-order chi connectivity index (χ0) is 44.5. The number of nitrogens with two attached hydrogens (primary N) is 1. The average molecular weight is 866 g/mol. The minimum atomic E-state index is -4.77. The van der Waals surface area contributed by atoms with Crippen LogP contribution in [-0.2, 0) is 37.5 Å². The van der Waals surface area contributed by atoms with Crippen molar-refractivity contribution in [3.8, 4) is 0 Å². The van der Waals surface area contributed by atoms with Gasteiger partial charge in [0.2, 0.25) is 0 Å². The largest absolute Gasteiger partial charge is 0.480 e. The highest BCUT2D eigenvalue weighted by Gasteiger charge is 2.28. The van der Waals surface area contributed by atoms with Gasteiger partial charge in [0.15, 0.2) is 6.10 Å². The Balaban J connectivity index is 4.63. The third-order valence-electron chi connectivity index (χ3n) is 8.80. The zero-order valence-corrected chi connectivity index (χ0v) is 37.1. The summed E-state index contributed by atoms with van der Waals surface area (Å²) in [5.74, 6) is -2.60. The Hall–Kier alpha value is -3.42. The SMILES string of the molecule is CC/C=C\C[C@@H](O)/C=C/C=C\C/C=C\C=C\[C@@H](O)/C=C\CCCC(=O)OC[C@H](COP(=O)(O)OC[C@H](N)C(=O)O)OC(=O)CCCCCCCCC/C=C\CCCCCC. The number of carbonyl (C=O) groups excluding carboxylic acids is 2. The minimum absolute atomic E-state index is 0.0304. The number of carboxylic acid groups (broad SMARTS) is 1. The van der Waals surface area contributed by atoms with Crippen molar-refractivity contribution in [2.24, 2.45) is 5.73 Å². The van der Waals surface area contributed by atoms with E-state index in [2.05, 4.69) is 23.6 Å². The Morgan fingerprint density at radius 1 is 0.633 bits per heavy atom. The lowest BCUT2D eigenvalue weighted by Gasteiger charge is -2.20. The van der Waals surface area contributed by atoms with Gasteiger partial charge in [-0.1, -0.05) is 150 Å². The maximum atomic E-state index is 12.6. The molecule has 1 unspecified atom stereocenters. The van der Waals surface area contributed by atoms with Gasteiger partial charge >= 0.3 is 25.7 Å². The topological polar surface area (TPSA) is 212 Å². The number of hydrogen-bond donors (Lipinski definition) is 5. The first-order chi connectivity index (χ1) is 28.9. The van der Waals surface area contributed by atoms with Gasteiger partial charge in [0.1, 0.15) is 12.6 Å². The van der Waals surface area contributed by atoms with E-state index in [4.69, 9.17) is 24.8 Å². The van der Waals surface area contributed by atoms with Gasteiger partial charge < -0.3 is 35.4 Å². The van der Waals surface area contributed by atoms with Crippen LogP contribution in [0.2, 0.25) is 0 Å². The van der Waals surface area contributed by atoms with Crippen molar-refractivity contribution in [1.29, 1.82) is 0 Å². The van der Waals surface area contributed by atoms with Gasteiger partial charge in [-0.05, 0) is 64.2 Å². The second-order valence-electron chi connectivity index (χ2n) is 14.5. The molecule has 0 rings (SSSR count). The molecule has 0 aliphatic heterocycles. The summed E-state index contributed by atoms with van der Waals surface area (Å²) in [6, 6.07) is -1.56. The highest BCUT2D eigenvalue weighted by Crippen LogP contribution is 2.43. The van der Waals surface area contributed by atoms with E-state index >= 15 is 0 Å². The molecule has 0 saturated heterocycles. The van der Waals surface area contributed by atoms with E-state index < -0.39 is 69.9 Å². The number of phosphoric ester groups is 1. The van der Waals surface area contributed by atoms with Crippen LogP contribution < -0.4 is 5.73 Å². The van der Waals surface area contributed by atoms with Crippen LogP contribution in [0.15, 0.2) is 85.1 Å². The molecule has 0 aromatic carbocycles. The lowest BCUT2D eigenvalue weighted by atomic mass is 10.1. The molecule has 0 aromatic rings. The standard InChI is InChI=1S/C46H76NO12P/c1-3-5-7-8-9-10-11-12-13-14-15-16-20-23-29-36-45(51)59-42(38-57-60(54,55)58-39-43(47)46(52)53)37-56-44(50)35-30-24-28-34-41(49)33-27-22-19-17-18-21-26-32-40(48)31-25-6-4-2/h6,10-11,18-19,21-22,25-28,32-34,40-43,48-49H,3-5,7-9,12-17,20,23-24,29-31,35-39,47H2,1-2H3,(H,52,53)(H,54,55)/b11-10-,21-18-,22-19-,25-6-,32-26+,33-27+,34-28-/t40-,41-,42-,43+/m1/s1. The number of carbonyl (C=O) groups is 3. The van der Waals surface area contributed by atoms with E-state index in [0.29, 0.717) is 32.1 Å². The lowest BCUT2D eigenvalue weighted by Crippen LogP contribution is -2.34. The summed E-state index contributed by atoms with van der Waals surface area (Å²) in [7, 11) is -4.77. The van der Waals surface area contributed by atoms with Crippen molar-refractivity contribution in [2.75, 3.05) is 19.8 Å². The Bertz CT molecular complexity index is 1370. The van der Waals surface area contributed by atoms with Gasteiger partial charge in [-0.25, -0.2) is 4.57 Å². The van der Waals surface area contributed by atoms with Crippen molar-refractivity contribution in [1.82, 2.24) is 0 Å². The van der Waals surface area contributed by atoms with Gasteiger partial charge in [0, 0.05) is 12.8 Å². The molecule has 0 amide bonds. The fraction of sp³-hybridized carbons (Fsp3) is 0.630. The van der Waals surface area contributed by atoms with E-state index in [9.17, 15) is 34.1 Å².